The number of hydrogen-bond acceptors (Lipinski definition) is 2. The lowest BCUT2D eigenvalue weighted by Gasteiger charge is -2.30. The van der Waals surface area contributed by atoms with Crippen LogP contribution in [0.5, 0.6) is 0 Å². The number of hydrogen-bond donors (Lipinski definition) is 1. The predicted molar refractivity (Wildman–Crippen MR) is 69.4 cm³/mol. The van der Waals surface area contributed by atoms with E-state index < -0.39 is 0 Å². The van der Waals surface area contributed by atoms with E-state index in [-0.39, 0.29) is 0 Å². The van der Waals surface area contributed by atoms with Crippen LogP contribution in [0.1, 0.15) is 39.0 Å². The fraction of sp³-hybridized carbons (Fsp3) is 1.00. The lowest BCUT2D eigenvalue weighted by atomic mass is 9.79. The third-order valence-electron chi connectivity index (χ3n) is 4.21. The first-order valence-corrected chi connectivity index (χ1v) is 7.67. The van der Waals surface area contributed by atoms with Crippen LogP contribution in [0.3, 0.4) is 0 Å². The molecule has 2 aliphatic rings. The second-order valence-corrected chi connectivity index (χ2v) is 6.89. The van der Waals surface area contributed by atoms with Crippen LogP contribution in [0.25, 0.3) is 0 Å². The molecule has 0 aromatic carbocycles. The predicted octanol–water partition coefficient (Wildman–Crippen LogP) is 3.16. The zero-order valence-corrected chi connectivity index (χ0v) is 11.0. The monoisotopic (exact) mass is 227 g/mol. The highest BCUT2D eigenvalue weighted by Crippen LogP contribution is 2.61. The molecule has 0 radical (unpaired) electrons. The molecule has 2 saturated carbocycles. The summed E-state index contributed by atoms with van der Waals surface area (Å²) in [6.45, 7) is 3.52. The van der Waals surface area contributed by atoms with Gasteiger partial charge in [-0.25, -0.2) is 0 Å². The Bertz CT molecular complexity index is 195. The Morgan fingerprint density at radius 3 is 2.67 bits per heavy atom. The van der Waals surface area contributed by atoms with Crippen LogP contribution in [-0.2, 0) is 0 Å². The largest absolute Gasteiger partial charge is 0.319 e. The van der Waals surface area contributed by atoms with Gasteiger partial charge < -0.3 is 5.32 Å². The third-order valence-corrected chi connectivity index (χ3v) is 5.20. The lowest BCUT2D eigenvalue weighted by Crippen LogP contribution is -2.31. The van der Waals surface area contributed by atoms with Crippen molar-refractivity contribution in [3.63, 3.8) is 0 Å². The molecule has 0 aromatic heterocycles. The maximum atomic E-state index is 3.43. The number of nitrogens with one attached hydrogen (secondary N) is 1. The highest BCUT2D eigenvalue weighted by molar-refractivity contribution is 7.99. The molecule has 0 bridgehead atoms. The lowest BCUT2D eigenvalue weighted by molar-refractivity contribution is 0.234. The molecule has 2 rings (SSSR count). The van der Waals surface area contributed by atoms with Crippen molar-refractivity contribution < 1.29 is 0 Å². The second-order valence-electron chi connectivity index (χ2n) is 5.49. The van der Waals surface area contributed by atoms with E-state index in [0.29, 0.717) is 5.41 Å². The van der Waals surface area contributed by atoms with Gasteiger partial charge in [-0.3, -0.25) is 0 Å². The van der Waals surface area contributed by atoms with Gasteiger partial charge in [0.05, 0.1) is 0 Å². The molecule has 88 valence electrons. The standard InChI is InChI=1S/C13H25NS/c1-3-15-6-4-5-13(10-14-2)8-11-7-12(11)9-13/h11-12,14H,3-10H2,1-2H3. The summed E-state index contributed by atoms with van der Waals surface area (Å²) in [4.78, 5) is 0. The van der Waals surface area contributed by atoms with Crippen molar-refractivity contribution in [1.82, 2.24) is 5.32 Å². The minimum absolute atomic E-state index is 0.691. The van der Waals surface area contributed by atoms with Crippen LogP contribution >= 0.6 is 11.8 Å². The summed E-state index contributed by atoms with van der Waals surface area (Å²) < 4.78 is 0. The summed E-state index contributed by atoms with van der Waals surface area (Å²) in [6.07, 6.45) is 7.49. The maximum absolute atomic E-state index is 3.43. The number of thioether (sulfide) groups is 1. The Labute approximate surface area is 98.8 Å². The number of fused-ring (bicyclic) bond motifs is 1. The summed E-state index contributed by atoms with van der Waals surface area (Å²) in [5.74, 6) is 4.90. The molecule has 2 aliphatic carbocycles. The Morgan fingerprint density at radius 2 is 2.07 bits per heavy atom. The first-order chi connectivity index (χ1) is 7.29. The van der Waals surface area contributed by atoms with Crippen LogP contribution in [0.4, 0.5) is 0 Å². The van der Waals surface area contributed by atoms with Gasteiger partial charge in [0.1, 0.15) is 0 Å². The van der Waals surface area contributed by atoms with E-state index >= 15 is 0 Å². The van der Waals surface area contributed by atoms with Crippen molar-refractivity contribution in [3.8, 4) is 0 Å². The quantitative estimate of drug-likeness (QED) is 0.671. The van der Waals surface area contributed by atoms with Crippen LogP contribution in [0, 0.1) is 17.3 Å². The molecule has 2 heteroatoms. The van der Waals surface area contributed by atoms with Gasteiger partial charge in [-0.2, -0.15) is 11.8 Å². The fourth-order valence-corrected chi connectivity index (χ4v) is 4.15. The minimum Gasteiger partial charge on any atom is -0.319 e. The van der Waals surface area contributed by atoms with Gasteiger partial charge in [0.2, 0.25) is 0 Å². The van der Waals surface area contributed by atoms with Gasteiger partial charge in [-0.05, 0) is 67.9 Å². The molecule has 2 fully saturated rings. The zero-order valence-electron chi connectivity index (χ0n) is 10.2. The molecule has 1 N–H and O–H groups in total. The third kappa shape index (κ3) is 2.91. The van der Waals surface area contributed by atoms with E-state index in [1.165, 1.54) is 43.7 Å². The minimum atomic E-state index is 0.691. The van der Waals surface area contributed by atoms with Gasteiger partial charge >= 0.3 is 0 Å². The van der Waals surface area contributed by atoms with Crippen LogP contribution in [0.15, 0.2) is 0 Å². The van der Waals surface area contributed by atoms with Gasteiger partial charge in [-0.15, -0.1) is 0 Å². The van der Waals surface area contributed by atoms with Crippen LogP contribution in [-0.4, -0.2) is 25.1 Å². The maximum Gasteiger partial charge on any atom is 0.000502 e. The van der Waals surface area contributed by atoms with E-state index in [4.69, 9.17) is 0 Å². The van der Waals surface area contributed by atoms with Crippen molar-refractivity contribution in [1.29, 1.82) is 0 Å². The highest BCUT2D eigenvalue weighted by atomic mass is 32.2. The Kier molecular flexibility index (Phi) is 4.00. The second kappa shape index (κ2) is 5.09. The zero-order chi connectivity index (χ0) is 10.7. The Hall–Kier alpha value is 0.310. The average Bonchev–Trinajstić information content (AvgIpc) is 2.83. The first-order valence-electron chi connectivity index (χ1n) is 6.52. The molecular formula is C13H25NS. The summed E-state index contributed by atoms with van der Waals surface area (Å²) in [5.41, 5.74) is 0.691. The Morgan fingerprint density at radius 1 is 1.33 bits per heavy atom. The van der Waals surface area contributed by atoms with Crippen molar-refractivity contribution in [3.05, 3.63) is 0 Å². The summed E-state index contributed by atoms with van der Waals surface area (Å²) >= 11 is 2.10. The fourth-order valence-electron chi connectivity index (χ4n) is 3.51. The molecule has 1 nitrogen and oxygen atoms in total. The van der Waals surface area contributed by atoms with Gasteiger partial charge in [-0.1, -0.05) is 6.92 Å². The van der Waals surface area contributed by atoms with Crippen molar-refractivity contribution in [2.45, 2.75) is 39.0 Å². The molecule has 15 heavy (non-hydrogen) atoms. The van der Waals surface area contributed by atoms with Gasteiger partial charge in [0.15, 0.2) is 0 Å². The van der Waals surface area contributed by atoms with E-state index in [0.717, 1.165) is 11.8 Å². The molecule has 0 spiro atoms. The Balaban J connectivity index is 1.74. The van der Waals surface area contributed by atoms with Crippen molar-refractivity contribution in [2.75, 3.05) is 25.1 Å². The molecule has 0 saturated heterocycles. The van der Waals surface area contributed by atoms with Crippen LogP contribution < -0.4 is 5.32 Å². The van der Waals surface area contributed by atoms with E-state index in [2.05, 4.69) is 31.1 Å². The smallest absolute Gasteiger partial charge is 0.000502 e. The van der Waals surface area contributed by atoms with E-state index in [1.54, 1.807) is 6.42 Å². The molecule has 0 aliphatic heterocycles. The molecule has 2 unspecified atom stereocenters. The highest BCUT2D eigenvalue weighted by Gasteiger charge is 2.52. The van der Waals surface area contributed by atoms with Crippen molar-refractivity contribution in [2.24, 2.45) is 17.3 Å². The number of rotatable bonds is 7. The molecule has 2 atom stereocenters. The van der Waals surface area contributed by atoms with E-state index in [9.17, 15) is 0 Å². The molecule has 0 amide bonds. The van der Waals surface area contributed by atoms with Gasteiger partial charge in [0, 0.05) is 6.54 Å². The van der Waals surface area contributed by atoms with Crippen molar-refractivity contribution >= 4 is 11.8 Å². The summed E-state index contributed by atoms with van der Waals surface area (Å²) in [7, 11) is 2.12. The average molecular weight is 227 g/mol. The van der Waals surface area contributed by atoms with Gasteiger partial charge in [0.25, 0.3) is 0 Å². The normalized spacial score (nSPS) is 38.0. The SMILES string of the molecule is CCSCCCC1(CNC)CC2CC2C1. The van der Waals surface area contributed by atoms with E-state index in [1.807, 2.05) is 0 Å². The van der Waals surface area contributed by atoms with Crippen LogP contribution in [0.2, 0.25) is 0 Å². The molecule has 0 heterocycles. The topological polar surface area (TPSA) is 12.0 Å². The molecule has 0 aromatic rings. The molecular weight excluding hydrogens is 202 g/mol. The summed E-state index contributed by atoms with van der Waals surface area (Å²) in [5, 5.41) is 3.43. The first kappa shape index (κ1) is 11.8. The summed E-state index contributed by atoms with van der Waals surface area (Å²) in [6, 6.07) is 0.